The Morgan fingerprint density at radius 2 is 1.79 bits per heavy atom. The number of ether oxygens (including phenoxy) is 1. The smallest absolute Gasteiger partial charge is 0.451 e. The summed E-state index contributed by atoms with van der Waals surface area (Å²) in [4.78, 5) is 23.1. The Morgan fingerprint density at radius 1 is 1.21 bits per heavy atom. The van der Waals surface area contributed by atoms with Gasteiger partial charge in [0.05, 0.1) is 0 Å². The molecule has 0 amide bonds. The molecule has 0 saturated carbocycles. The van der Waals surface area contributed by atoms with Crippen molar-refractivity contribution < 1.29 is 45.4 Å². The SMILES string of the molecule is CC(Oc1cc(-n2nc(C(F)(F)F)n(C)c2=O)c(F)cc1C(=O)O)C(F)(F)F. The Bertz CT molecular complexity index is 975. The van der Waals surface area contributed by atoms with Gasteiger partial charge in [0.1, 0.15) is 22.8 Å². The first-order valence-corrected chi connectivity index (χ1v) is 7.18. The first kappa shape index (κ1) is 21.2. The van der Waals surface area contributed by atoms with E-state index in [4.69, 9.17) is 5.11 Å². The number of carboxylic acids is 1. The Labute approximate surface area is 150 Å². The Hall–Kier alpha value is -3.06. The monoisotopic (exact) mass is 417 g/mol. The van der Waals surface area contributed by atoms with Crippen LogP contribution in [0.1, 0.15) is 23.1 Å². The van der Waals surface area contributed by atoms with Gasteiger partial charge < -0.3 is 9.84 Å². The molecule has 7 nitrogen and oxygen atoms in total. The molecule has 154 valence electrons. The van der Waals surface area contributed by atoms with Gasteiger partial charge in [-0.3, -0.25) is 4.57 Å². The van der Waals surface area contributed by atoms with Crippen LogP contribution in [0.3, 0.4) is 0 Å². The van der Waals surface area contributed by atoms with Crippen LogP contribution in [0.5, 0.6) is 5.75 Å². The lowest BCUT2D eigenvalue weighted by Crippen LogP contribution is -2.32. The van der Waals surface area contributed by atoms with Gasteiger partial charge in [0.25, 0.3) is 0 Å². The van der Waals surface area contributed by atoms with Gasteiger partial charge >= 0.3 is 24.0 Å². The zero-order valence-electron chi connectivity index (χ0n) is 13.9. The average molecular weight is 417 g/mol. The molecule has 0 fully saturated rings. The minimum atomic E-state index is -5.08. The number of hydrogen-bond donors (Lipinski definition) is 1. The molecule has 0 radical (unpaired) electrons. The summed E-state index contributed by atoms with van der Waals surface area (Å²) in [6.45, 7) is 0.531. The molecular formula is C14H10F7N3O4. The zero-order chi connectivity index (χ0) is 21.6. The van der Waals surface area contributed by atoms with E-state index >= 15 is 0 Å². The van der Waals surface area contributed by atoms with E-state index in [-0.39, 0.29) is 15.3 Å². The minimum absolute atomic E-state index is 0.0451. The molecule has 0 aliphatic heterocycles. The van der Waals surface area contributed by atoms with Gasteiger partial charge in [-0.15, -0.1) is 5.10 Å². The van der Waals surface area contributed by atoms with Crippen LogP contribution in [-0.2, 0) is 13.2 Å². The second-order valence-corrected chi connectivity index (χ2v) is 5.48. The third-order valence-corrected chi connectivity index (χ3v) is 3.51. The van der Waals surface area contributed by atoms with Crippen molar-refractivity contribution in [3.63, 3.8) is 0 Å². The molecule has 1 aromatic heterocycles. The number of carbonyl (C=O) groups is 1. The third-order valence-electron chi connectivity index (χ3n) is 3.51. The van der Waals surface area contributed by atoms with E-state index in [0.29, 0.717) is 20.0 Å². The van der Waals surface area contributed by atoms with E-state index in [9.17, 15) is 40.3 Å². The number of halogens is 7. The minimum Gasteiger partial charge on any atom is -0.480 e. The molecular weight excluding hydrogens is 407 g/mol. The van der Waals surface area contributed by atoms with E-state index in [2.05, 4.69) is 9.84 Å². The third kappa shape index (κ3) is 3.94. The molecule has 1 aromatic carbocycles. The summed E-state index contributed by atoms with van der Waals surface area (Å²) < 4.78 is 95.3. The molecule has 28 heavy (non-hydrogen) atoms. The van der Waals surface area contributed by atoms with Crippen LogP contribution < -0.4 is 10.4 Å². The number of aromatic carboxylic acids is 1. The number of nitrogens with zero attached hydrogens (tertiary/aromatic N) is 3. The van der Waals surface area contributed by atoms with Crippen LogP contribution in [0.4, 0.5) is 30.7 Å². The quantitative estimate of drug-likeness (QED) is 0.774. The summed E-state index contributed by atoms with van der Waals surface area (Å²) in [6.07, 6.45) is -12.5. The molecule has 1 N–H and O–H groups in total. The van der Waals surface area contributed by atoms with Crippen molar-refractivity contribution in [2.75, 3.05) is 0 Å². The van der Waals surface area contributed by atoms with Crippen molar-refractivity contribution in [1.82, 2.24) is 14.3 Å². The van der Waals surface area contributed by atoms with Crippen LogP contribution in [-0.4, -0.2) is 37.7 Å². The molecule has 1 atom stereocenters. The second kappa shape index (κ2) is 6.83. The van der Waals surface area contributed by atoms with Crippen LogP contribution in [0.15, 0.2) is 16.9 Å². The molecule has 0 saturated heterocycles. The number of carboxylic acid groups (broad SMARTS) is 1. The predicted octanol–water partition coefficient (Wildman–Crippen LogP) is 2.76. The van der Waals surface area contributed by atoms with Gasteiger partial charge in [-0.1, -0.05) is 0 Å². The molecule has 1 unspecified atom stereocenters. The highest BCUT2D eigenvalue weighted by Crippen LogP contribution is 2.31. The van der Waals surface area contributed by atoms with Gasteiger partial charge in [0.15, 0.2) is 6.10 Å². The fraction of sp³-hybridized carbons (Fsp3) is 0.357. The van der Waals surface area contributed by atoms with Crippen LogP contribution in [0.25, 0.3) is 5.69 Å². The van der Waals surface area contributed by atoms with Crippen molar-refractivity contribution in [2.24, 2.45) is 7.05 Å². The van der Waals surface area contributed by atoms with Gasteiger partial charge in [-0.05, 0) is 13.0 Å². The van der Waals surface area contributed by atoms with E-state index in [1.165, 1.54) is 0 Å². The van der Waals surface area contributed by atoms with Gasteiger partial charge in [-0.2, -0.15) is 31.0 Å². The zero-order valence-corrected chi connectivity index (χ0v) is 13.9. The summed E-state index contributed by atoms with van der Waals surface area (Å²) in [5.41, 5.74) is -3.52. The normalized spacial score (nSPS) is 13.5. The topological polar surface area (TPSA) is 86.4 Å². The maximum atomic E-state index is 14.2. The van der Waals surface area contributed by atoms with Gasteiger partial charge in [0, 0.05) is 13.1 Å². The van der Waals surface area contributed by atoms with E-state index < -0.39 is 58.8 Å². The van der Waals surface area contributed by atoms with Gasteiger partial charge in [-0.25, -0.2) is 14.0 Å². The fourth-order valence-electron chi connectivity index (χ4n) is 2.07. The van der Waals surface area contributed by atoms with Crippen molar-refractivity contribution in [3.8, 4) is 11.4 Å². The Kier molecular flexibility index (Phi) is 5.18. The molecule has 0 bridgehead atoms. The highest BCUT2D eigenvalue weighted by Gasteiger charge is 2.40. The molecule has 0 aliphatic rings. The van der Waals surface area contributed by atoms with Crippen molar-refractivity contribution >= 4 is 5.97 Å². The molecule has 1 heterocycles. The van der Waals surface area contributed by atoms with Crippen LogP contribution in [0, 0.1) is 5.82 Å². The maximum Gasteiger partial charge on any atom is 0.451 e. The van der Waals surface area contributed by atoms with E-state index in [0.717, 1.165) is 0 Å². The molecule has 0 aliphatic carbocycles. The van der Waals surface area contributed by atoms with Crippen LogP contribution >= 0.6 is 0 Å². The fourth-order valence-corrected chi connectivity index (χ4v) is 2.07. The number of alkyl halides is 6. The Balaban J connectivity index is 2.69. The lowest BCUT2D eigenvalue weighted by atomic mass is 10.1. The molecule has 14 heteroatoms. The number of hydrogen-bond acceptors (Lipinski definition) is 4. The predicted molar refractivity (Wildman–Crippen MR) is 76.9 cm³/mol. The highest BCUT2D eigenvalue weighted by atomic mass is 19.4. The highest BCUT2D eigenvalue weighted by molar-refractivity contribution is 5.91. The average Bonchev–Trinajstić information content (AvgIpc) is 2.83. The standard InChI is InChI=1S/C14H10F7N3O4/c1-5(13(16,17)18)28-9-4-8(7(15)3-6(9)10(25)26)24-12(27)23(2)11(22-24)14(19,20)21/h3-5H,1-2H3,(H,25,26). The molecule has 2 rings (SSSR count). The Morgan fingerprint density at radius 3 is 2.21 bits per heavy atom. The first-order chi connectivity index (χ1) is 12.6. The number of rotatable bonds is 4. The van der Waals surface area contributed by atoms with E-state index in [1.54, 1.807) is 0 Å². The largest absolute Gasteiger partial charge is 0.480 e. The summed E-state index contributed by atoms with van der Waals surface area (Å²) in [5.74, 6) is -6.09. The molecule has 2 aromatic rings. The van der Waals surface area contributed by atoms with Crippen LogP contribution in [0.2, 0.25) is 0 Å². The molecule has 0 spiro atoms. The summed E-state index contributed by atoms with van der Waals surface area (Å²) in [6, 6.07) is 0.570. The summed E-state index contributed by atoms with van der Waals surface area (Å²) in [5, 5.41) is 11.9. The second-order valence-electron chi connectivity index (χ2n) is 5.48. The lowest BCUT2D eigenvalue weighted by molar-refractivity contribution is -0.189. The maximum absolute atomic E-state index is 14.2. The lowest BCUT2D eigenvalue weighted by Gasteiger charge is -2.19. The summed E-state index contributed by atoms with van der Waals surface area (Å²) >= 11 is 0. The first-order valence-electron chi connectivity index (χ1n) is 7.18. The van der Waals surface area contributed by atoms with E-state index in [1.807, 2.05) is 0 Å². The number of benzene rings is 1. The van der Waals surface area contributed by atoms with Gasteiger partial charge in [0.2, 0.25) is 5.82 Å². The number of aromatic nitrogens is 3. The summed E-state index contributed by atoms with van der Waals surface area (Å²) in [7, 11) is 0.696. The van der Waals surface area contributed by atoms with Crippen molar-refractivity contribution in [3.05, 3.63) is 39.8 Å². The van der Waals surface area contributed by atoms with Crippen molar-refractivity contribution in [1.29, 1.82) is 0 Å². The van der Waals surface area contributed by atoms with Crippen molar-refractivity contribution in [2.45, 2.75) is 25.4 Å².